The fourth-order valence-electron chi connectivity index (χ4n) is 0.755. The lowest BCUT2D eigenvalue weighted by Crippen LogP contribution is -2.14. The molecule has 1 heterocycles. The van der Waals surface area contributed by atoms with E-state index in [9.17, 15) is 10.1 Å². The van der Waals surface area contributed by atoms with Crippen LogP contribution in [0.2, 0.25) is 0 Å². The van der Waals surface area contributed by atoms with E-state index >= 15 is 0 Å². The highest BCUT2D eigenvalue weighted by molar-refractivity contribution is 5.90. The van der Waals surface area contributed by atoms with Gasteiger partial charge in [-0.05, 0) is 11.8 Å². The molecule has 12 heavy (non-hydrogen) atoms. The van der Waals surface area contributed by atoms with E-state index in [0.29, 0.717) is 5.69 Å². The Labute approximate surface area is 66.9 Å². The van der Waals surface area contributed by atoms with E-state index in [-0.39, 0.29) is 5.69 Å². The third-order valence-corrected chi connectivity index (χ3v) is 1.31. The van der Waals surface area contributed by atoms with E-state index in [1.807, 2.05) is 0 Å². The lowest BCUT2D eigenvalue weighted by atomic mass is 10.3. The number of hydrogen-bond donors (Lipinski definition) is 2. The monoisotopic (exact) mass is 170 g/mol. The van der Waals surface area contributed by atoms with Crippen LogP contribution in [0, 0.1) is 17.0 Å². The summed E-state index contributed by atoms with van der Waals surface area (Å²) in [6.45, 7) is 1.59. The van der Waals surface area contributed by atoms with Gasteiger partial charge in [0.2, 0.25) is 0 Å². The van der Waals surface area contributed by atoms with Crippen molar-refractivity contribution in [3.05, 3.63) is 27.8 Å². The van der Waals surface area contributed by atoms with Crippen LogP contribution in [0.4, 0.5) is 0 Å². The summed E-state index contributed by atoms with van der Waals surface area (Å²) >= 11 is 0. The lowest BCUT2D eigenvalue weighted by Gasteiger charge is -1.92. The first-order valence-corrected chi connectivity index (χ1v) is 3.03. The maximum atomic E-state index is 10.2. The average Bonchev–Trinajstić information content (AvgIpc) is 2.38. The fourth-order valence-corrected chi connectivity index (χ4v) is 0.755. The van der Waals surface area contributed by atoms with Crippen molar-refractivity contribution >= 4 is 5.84 Å². The maximum absolute atomic E-state index is 10.2. The van der Waals surface area contributed by atoms with Gasteiger partial charge in [-0.3, -0.25) is 0 Å². The molecule has 64 valence electrons. The van der Waals surface area contributed by atoms with E-state index in [0.717, 1.165) is 0 Å². The highest BCUT2D eigenvalue weighted by atomic mass is 16.6. The molecule has 0 aliphatic heterocycles. The highest BCUT2D eigenvalue weighted by Gasteiger charge is 2.21. The van der Waals surface area contributed by atoms with Crippen molar-refractivity contribution in [3.63, 3.8) is 0 Å². The molecule has 7 heteroatoms. The van der Waals surface area contributed by atoms with E-state index in [1.165, 1.54) is 6.33 Å². The third kappa shape index (κ3) is 1.24. The first kappa shape index (κ1) is 8.18. The molecule has 7 nitrogen and oxygen atoms in total. The largest absolute Gasteiger partial charge is 0.437 e. The third-order valence-electron chi connectivity index (χ3n) is 1.31. The molecule has 0 amide bonds. The zero-order valence-electron chi connectivity index (χ0n) is 6.18. The number of rotatable bonds is 1. The van der Waals surface area contributed by atoms with Crippen LogP contribution in [0.25, 0.3) is 0 Å². The van der Waals surface area contributed by atoms with E-state index < -0.39 is 10.8 Å². The van der Waals surface area contributed by atoms with Crippen molar-refractivity contribution in [2.24, 2.45) is 5.16 Å². The molecule has 1 aromatic heterocycles. The number of imidazole rings is 1. The van der Waals surface area contributed by atoms with Crippen LogP contribution in [-0.4, -0.2) is 25.9 Å². The molecule has 0 saturated carbocycles. The van der Waals surface area contributed by atoms with Gasteiger partial charge in [0.15, 0.2) is 10.8 Å². The van der Waals surface area contributed by atoms with Crippen molar-refractivity contribution in [1.29, 1.82) is 0 Å². The van der Waals surface area contributed by atoms with E-state index in [1.54, 1.807) is 6.92 Å². The lowest BCUT2D eigenvalue weighted by molar-refractivity contribution is -0.351. The number of aromatic amines is 1. The van der Waals surface area contributed by atoms with Crippen LogP contribution in [-0.2, 0) is 0 Å². The first-order valence-electron chi connectivity index (χ1n) is 3.03. The number of aryl methyl sites for hydroxylation is 1. The Balaban J connectivity index is 3.13. The quantitative estimate of drug-likeness (QED) is 0.205. The summed E-state index contributed by atoms with van der Waals surface area (Å²) in [6, 6.07) is 0. The molecule has 0 atom stereocenters. The van der Waals surface area contributed by atoms with Gasteiger partial charge in [-0.1, -0.05) is 0 Å². The van der Waals surface area contributed by atoms with E-state index in [4.69, 9.17) is 5.21 Å². The number of H-pyrrole nitrogens is 1. The zero-order valence-corrected chi connectivity index (χ0v) is 6.18. The molecule has 0 bridgehead atoms. The van der Waals surface area contributed by atoms with Gasteiger partial charge < -0.3 is 20.3 Å². The van der Waals surface area contributed by atoms with Gasteiger partial charge in [0, 0.05) is 5.69 Å². The Morgan fingerprint density at radius 1 is 1.92 bits per heavy atom. The molecule has 0 aliphatic carbocycles. The smallest absolute Gasteiger partial charge is 0.358 e. The fraction of sp³-hybridized carbons (Fsp3) is 0.200. The van der Waals surface area contributed by atoms with Gasteiger partial charge in [-0.15, -0.1) is 0 Å². The normalized spacial score (nSPS) is 11.6. The summed E-state index contributed by atoms with van der Waals surface area (Å²) in [5.74, 6) is -0.659. The van der Waals surface area contributed by atoms with Crippen LogP contribution in [0.3, 0.4) is 0 Å². The number of oxime groups is 1. The Morgan fingerprint density at radius 3 is 2.92 bits per heavy atom. The Kier molecular flexibility index (Phi) is 2.04. The molecule has 0 radical (unpaired) electrons. The van der Waals surface area contributed by atoms with Crippen LogP contribution in [0.1, 0.15) is 11.4 Å². The molecule has 0 aliphatic rings. The molecular weight excluding hydrogens is 164 g/mol. The minimum Gasteiger partial charge on any atom is -0.358 e. The molecule has 1 aromatic rings. The van der Waals surface area contributed by atoms with Crippen LogP contribution in [0.15, 0.2) is 11.5 Å². The van der Waals surface area contributed by atoms with Gasteiger partial charge >= 0.3 is 5.84 Å². The predicted octanol–water partition coefficient (Wildman–Crippen LogP) is 0.131. The number of nitrogens with zero attached hydrogens (tertiary/aromatic N) is 3. The van der Waals surface area contributed by atoms with Crippen molar-refractivity contribution < 1.29 is 10.1 Å². The Bertz CT molecular complexity index is 329. The van der Waals surface area contributed by atoms with Gasteiger partial charge in [-0.2, -0.15) is 0 Å². The zero-order chi connectivity index (χ0) is 9.14. The Morgan fingerprint density at radius 2 is 2.58 bits per heavy atom. The van der Waals surface area contributed by atoms with Gasteiger partial charge in [0.05, 0.1) is 6.33 Å². The minimum absolute atomic E-state index is 0.0440. The van der Waals surface area contributed by atoms with Crippen LogP contribution < -0.4 is 0 Å². The van der Waals surface area contributed by atoms with E-state index in [2.05, 4.69) is 15.1 Å². The molecule has 0 fully saturated rings. The molecular formula is C5H6N4O3. The number of nitro groups is 1. The number of hydrogen-bond acceptors (Lipinski definition) is 5. The summed E-state index contributed by atoms with van der Waals surface area (Å²) in [4.78, 5) is 15.7. The molecule has 0 spiro atoms. The van der Waals surface area contributed by atoms with Crippen molar-refractivity contribution in [1.82, 2.24) is 9.97 Å². The highest BCUT2D eigenvalue weighted by Crippen LogP contribution is 2.02. The number of nitrogens with one attached hydrogen (secondary N) is 1. The number of aromatic nitrogens is 2. The SMILES string of the molecule is Cc1[nH]cnc1/C(=N\O)[N+](=O)[O-]. The van der Waals surface area contributed by atoms with Crippen LogP contribution >= 0.6 is 0 Å². The molecule has 2 N–H and O–H groups in total. The summed E-state index contributed by atoms with van der Waals surface area (Å²) < 4.78 is 0. The molecule has 0 aromatic carbocycles. The second-order valence-corrected chi connectivity index (χ2v) is 2.06. The maximum Gasteiger partial charge on any atom is 0.437 e. The topological polar surface area (TPSA) is 104 Å². The van der Waals surface area contributed by atoms with Gasteiger partial charge in [0.25, 0.3) is 0 Å². The summed E-state index contributed by atoms with van der Waals surface area (Å²) in [7, 11) is 0. The number of amidine groups is 1. The van der Waals surface area contributed by atoms with Gasteiger partial charge in [-0.25, -0.2) is 4.98 Å². The van der Waals surface area contributed by atoms with Crippen molar-refractivity contribution in [2.45, 2.75) is 6.92 Å². The molecule has 0 unspecified atom stereocenters. The second kappa shape index (κ2) is 2.99. The predicted molar refractivity (Wildman–Crippen MR) is 38.6 cm³/mol. The van der Waals surface area contributed by atoms with Gasteiger partial charge in [0.1, 0.15) is 0 Å². The molecule has 0 saturated heterocycles. The summed E-state index contributed by atoms with van der Waals surface area (Å²) in [5, 5.41) is 21.1. The summed E-state index contributed by atoms with van der Waals surface area (Å²) in [5.41, 5.74) is 0.530. The van der Waals surface area contributed by atoms with Crippen LogP contribution in [0.5, 0.6) is 0 Å². The first-order chi connectivity index (χ1) is 5.66. The van der Waals surface area contributed by atoms with Crippen molar-refractivity contribution in [3.8, 4) is 0 Å². The average molecular weight is 170 g/mol. The van der Waals surface area contributed by atoms with Crippen molar-refractivity contribution in [2.75, 3.05) is 0 Å². The second-order valence-electron chi connectivity index (χ2n) is 2.06. The Hall–Kier alpha value is -1.92. The summed E-state index contributed by atoms with van der Waals surface area (Å²) in [6.07, 6.45) is 1.29. The molecule has 1 rings (SSSR count). The standard InChI is InChI=1S/C5H6N4O3/c1-3-4(7-2-6-3)5(8-10)9(11)12/h2,10H,1H3,(H,6,7)/b8-5+. The minimum atomic E-state index is -0.802.